The van der Waals surface area contributed by atoms with E-state index in [4.69, 9.17) is 4.42 Å². The summed E-state index contributed by atoms with van der Waals surface area (Å²) < 4.78 is 5.57. The van der Waals surface area contributed by atoms with Crippen LogP contribution in [0, 0.1) is 0 Å². The molecule has 0 unspecified atom stereocenters. The number of nitrogens with zero attached hydrogens (tertiary/aromatic N) is 2. The predicted molar refractivity (Wildman–Crippen MR) is 123 cm³/mol. The number of rotatable bonds is 6. The zero-order valence-electron chi connectivity index (χ0n) is 18.4. The third kappa shape index (κ3) is 6.70. The second-order valence-electron chi connectivity index (χ2n) is 8.19. The predicted octanol–water partition coefficient (Wildman–Crippen LogP) is 3.74. The van der Waals surface area contributed by atoms with Crippen molar-refractivity contribution in [1.29, 1.82) is 0 Å². The van der Waals surface area contributed by atoms with Gasteiger partial charge in [-0.25, -0.2) is 4.98 Å². The molecule has 0 atom stereocenters. The molecule has 0 radical (unpaired) electrons. The minimum atomic E-state index is -0.279. The van der Waals surface area contributed by atoms with Crippen molar-refractivity contribution < 1.29 is 9.21 Å². The van der Waals surface area contributed by atoms with Crippen LogP contribution in [0.3, 0.4) is 0 Å². The Labute approximate surface area is 183 Å². The van der Waals surface area contributed by atoms with Crippen LogP contribution in [-0.4, -0.2) is 29.4 Å². The molecule has 3 N–H and O–H groups in total. The summed E-state index contributed by atoms with van der Waals surface area (Å²) in [5, 5.41) is 9.46. The van der Waals surface area contributed by atoms with Gasteiger partial charge in [0.25, 0.3) is 5.91 Å². The maximum atomic E-state index is 12.4. The van der Waals surface area contributed by atoms with E-state index in [2.05, 4.69) is 25.9 Å². The Bertz CT molecular complexity index is 1040. The van der Waals surface area contributed by atoms with Crippen LogP contribution in [0.4, 0.5) is 0 Å². The fourth-order valence-corrected chi connectivity index (χ4v) is 2.92. The lowest BCUT2D eigenvalue weighted by Crippen LogP contribution is -2.40. The van der Waals surface area contributed by atoms with Gasteiger partial charge in [-0.1, -0.05) is 30.3 Å². The van der Waals surface area contributed by atoms with Crippen LogP contribution in [0.15, 0.2) is 70.3 Å². The van der Waals surface area contributed by atoms with Gasteiger partial charge >= 0.3 is 0 Å². The van der Waals surface area contributed by atoms with Crippen molar-refractivity contribution in [2.24, 2.45) is 4.99 Å². The van der Waals surface area contributed by atoms with Crippen molar-refractivity contribution >= 4 is 11.9 Å². The highest BCUT2D eigenvalue weighted by atomic mass is 16.3. The molecule has 1 heterocycles. The number of carbonyl (C=O) groups excluding carboxylic acids is 1. The van der Waals surface area contributed by atoms with Gasteiger partial charge in [0.1, 0.15) is 6.26 Å². The Morgan fingerprint density at radius 3 is 2.48 bits per heavy atom. The minimum absolute atomic E-state index is 0.0860. The number of hydrogen-bond donors (Lipinski definition) is 3. The largest absolute Gasteiger partial charge is 0.444 e. The van der Waals surface area contributed by atoms with E-state index in [1.54, 1.807) is 13.3 Å². The first-order valence-electron chi connectivity index (χ1n) is 10.2. The molecule has 0 aliphatic rings. The van der Waals surface area contributed by atoms with Gasteiger partial charge in [0.15, 0.2) is 5.96 Å². The second-order valence-corrected chi connectivity index (χ2v) is 8.19. The number of amides is 1. The van der Waals surface area contributed by atoms with E-state index < -0.39 is 0 Å². The van der Waals surface area contributed by atoms with E-state index in [0.29, 0.717) is 30.5 Å². The van der Waals surface area contributed by atoms with Gasteiger partial charge in [0, 0.05) is 30.3 Å². The molecular weight excluding hydrogens is 390 g/mol. The Morgan fingerprint density at radius 2 is 1.77 bits per heavy atom. The summed E-state index contributed by atoms with van der Waals surface area (Å²) >= 11 is 0. The summed E-state index contributed by atoms with van der Waals surface area (Å²) in [6.45, 7) is 6.89. The highest BCUT2D eigenvalue weighted by Gasteiger charge is 2.15. The van der Waals surface area contributed by atoms with Crippen molar-refractivity contribution in [2.75, 3.05) is 7.05 Å². The van der Waals surface area contributed by atoms with E-state index in [-0.39, 0.29) is 11.4 Å². The molecule has 1 aromatic heterocycles. The van der Waals surface area contributed by atoms with Gasteiger partial charge in [-0.2, -0.15) is 0 Å². The van der Waals surface area contributed by atoms with Gasteiger partial charge in [-0.15, -0.1) is 0 Å². The summed E-state index contributed by atoms with van der Waals surface area (Å²) in [4.78, 5) is 21.1. The minimum Gasteiger partial charge on any atom is -0.444 e. The maximum Gasteiger partial charge on any atom is 0.251 e. The van der Waals surface area contributed by atoms with Gasteiger partial charge < -0.3 is 20.4 Å². The fraction of sp³-hybridized carbons (Fsp3) is 0.292. The highest BCUT2D eigenvalue weighted by molar-refractivity contribution is 5.94. The van der Waals surface area contributed by atoms with Crippen molar-refractivity contribution in [1.82, 2.24) is 20.9 Å². The quantitative estimate of drug-likeness (QED) is 0.418. The molecule has 0 saturated carbocycles. The summed E-state index contributed by atoms with van der Waals surface area (Å²) in [6, 6.07) is 17.3. The van der Waals surface area contributed by atoms with Crippen LogP contribution < -0.4 is 16.0 Å². The summed E-state index contributed by atoms with van der Waals surface area (Å²) in [7, 11) is 1.71. The van der Waals surface area contributed by atoms with E-state index in [0.717, 1.165) is 16.8 Å². The number of oxazole rings is 1. The summed E-state index contributed by atoms with van der Waals surface area (Å²) in [5.74, 6) is 1.14. The normalized spacial score (nSPS) is 11.8. The third-order valence-corrected chi connectivity index (χ3v) is 4.37. The molecular formula is C24H29N5O2. The van der Waals surface area contributed by atoms with Gasteiger partial charge in [0.2, 0.25) is 5.89 Å². The lowest BCUT2D eigenvalue weighted by atomic mass is 10.1. The van der Waals surface area contributed by atoms with Crippen LogP contribution in [-0.2, 0) is 13.1 Å². The van der Waals surface area contributed by atoms with E-state index in [9.17, 15) is 4.79 Å². The molecule has 0 aliphatic heterocycles. The fourth-order valence-electron chi connectivity index (χ4n) is 2.92. The third-order valence-electron chi connectivity index (χ3n) is 4.37. The Morgan fingerprint density at radius 1 is 1.03 bits per heavy atom. The Balaban J connectivity index is 1.54. The van der Waals surface area contributed by atoms with Crippen LogP contribution in [0.5, 0.6) is 0 Å². The first-order chi connectivity index (χ1) is 14.8. The van der Waals surface area contributed by atoms with Crippen molar-refractivity contribution in [3.8, 4) is 11.5 Å². The maximum absolute atomic E-state index is 12.4. The number of hydrogen-bond acceptors (Lipinski definition) is 4. The number of nitrogens with one attached hydrogen (secondary N) is 3. The van der Waals surface area contributed by atoms with E-state index in [1.807, 2.05) is 75.4 Å². The monoisotopic (exact) mass is 419 g/mol. The molecule has 31 heavy (non-hydrogen) atoms. The van der Waals surface area contributed by atoms with Crippen LogP contribution >= 0.6 is 0 Å². The molecule has 0 saturated heterocycles. The van der Waals surface area contributed by atoms with Gasteiger partial charge in [0.05, 0.1) is 12.2 Å². The Kier molecular flexibility index (Phi) is 7.07. The molecule has 162 valence electrons. The zero-order chi connectivity index (χ0) is 22.3. The number of guanidine groups is 1. The smallest absolute Gasteiger partial charge is 0.251 e. The lowest BCUT2D eigenvalue weighted by Gasteiger charge is -2.20. The molecule has 7 nitrogen and oxygen atoms in total. The topological polar surface area (TPSA) is 91.5 Å². The number of aliphatic imine (C=N–C) groups is 1. The standard InChI is InChI=1S/C24H29N5O2/c1-24(2,3)29-21(30)19-12-8-9-17(13-19)14-26-23(25-4)27-15-20-16-31-22(28-20)18-10-6-5-7-11-18/h5-13,16H,14-15H2,1-4H3,(H,29,30)(H2,25,26,27). The molecule has 1 amide bonds. The average molecular weight is 420 g/mol. The molecule has 7 heteroatoms. The van der Waals surface area contributed by atoms with Gasteiger partial charge in [-0.05, 0) is 50.6 Å². The van der Waals surface area contributed by atoms with E-state index in [1.165, 1.54) is 0 Å². The van der Waals surface area contributed by atoms with Crippen molar-refractivity contribution in [2.45, 2.75) is 39.4 Å². The SMILES string of the molecule is CN=C(NCc1cccc(C(=O)NC(C)(C)C)c1)NCc1coc(-c2ccccc2)n1. The highest BCUT2D eigenvalue weighted by Crippen LogP contribution is 2.17. The average Bonchev–Trinajstić information content (AvgIpc) is 3.23. The molecule has 0 fully saturated rings. The zero-order valence-corrected chi connectivity index (χ0v) is 18.4. The van der Waals surface area contributed by atoms with Gasteiger partial charge in [-0.3, -0.25) is 9.79 Å². The first-order valence-corrected chi connectivity index (χ1v) is 10.2. The first kappa shape index (κ1) is 22.1. The molecule has 2 aromatic carbocycles. The van der Waals surface area contributed by atoms with Crippen molar-refractivity contribution in [3.63, 3.8) is 0 Å². The molecule has 3 aromatic rings. The Hall–Kier alpha value is -3.61. The summed E-state index contributed by atoms with van der Waals surface area (Å²) in [5.41, 5.74) is 3.05. The van der Waals surface area contributed by atoms with E-state index >= 15 is 0 Å². The second kappa shape index (κ2) is 9.93. The lowest BCUT2D eigenvalue weighted by molar-refractivity contribution is 0.0919. The van der Waals surface area contributed by atoms with Crippen LogP contribution in [0.2, 0.25) is 0 Å². The number of carbonyl (C=O) groups is 1. The number of benzene rings is 2. The van der Waals surface area contributed by atoms with Crippen molar-refractivity contribution in [3.05, 3.63) is 77.7 Å². The molecule has 0 aliphatic carbocycles. The molecule has 0 bridgehead atoms. The molecule has 3 rings (SSSR count). The molecule has 0 spiro atoms. The number of aromatic nitrogens is 1. The van der Waals surface area contributed by atoms with Crippen LogP contribution in [0.25, 0.3) is 11.5 Å². The van der Waals surface area contributed by atoms with Crippen LogP contribution in [0.1, 0.15) is 42.4 Å². The summed E-state index contributed by atoms with van der Waals surface area (Å²) in [6.07, 6.45) is 1.64.